The van der Waals surface area contributed by atoms with E-state index in [0.29, 0.717) is 12.2 Å². The molecule has 3 N–H and O–H groups in total. The molecule has 79 heavy (non-hydrogen) atoms. The molecule has 1 fully saturated rings. The first-order valence-corrected chi connectivity index (χ1v) is 32.2. The number of esters is 1. The Kier molecular flexibility index (Phi) is 21.7. The number of hydrogen-bond acceptors (Lipinski definition) is 8. The van der Waals surface area contributed by atoms with E-state index < -0.39 is 71.8 Å². The normalized spacial score (nSPS) is 19.4. The summed E-state index contributed by atoms with van der Waals surface area (Å²) in [7, 11) is -2.72. The van der Waals surface area contributed by atoms with Crippen LogP contribution in [-0.2, 0) is 37.8 Å². The number of hydrogen-bond donors (Lipinski definition) is 3. The fourth-order valence-electron chi connectivity index (χ4n) is 11.7. The van der Waals surface area contributed by atoms with E-state index in [1.165, 1.54) is 0 Å². The van der Waals surface area contributed by atoms with Crippen LogP contribution in [-0.4, -0.2) is 73.8 Å². The largest absolute Gasteiger partial charge is 0.457 e. The van der Waals surface area contributed by atoms with Crippen molar-refractivity contribution in [1.82, 2.24) is 16.0 Å². The lowest BCUT2D eigenvalue weighted by molar-refractivity contribution is -0.151. The maximum absolute atomic E-state index is 15.3. The fraction of sp³-hybridized carbons (Fsp3) is 0.373. The zero-order valence-corrected chi connectivity index (χ0v) is 50.1. The van der Waals surface area contributed by atoms with Crippen LogP contribution >= 0.6 is 23.5 Å². The summed E-state index contributed by atoms with van der Waals surface area (Å²) in [6.07, 6.45) is 2.25. The van der Waals surface area contributed by atoms with Crippen molar-refractivity contribution < 1.29 is 28.3 Å². The van der Waals surface area contributed by atoms with Crippen molar-refractivity contribution in [2.75, 3.05) is 11.5 Å². The number of nitrogens with one attached hydrogen (secondary N) is 3. The molecule has 1 saturated heterocycles. The number of rotatable bonds is 20. The Balaban J connectivity index is 1.23. The third-order valence-electron chi connectivity index (χ3n) is 15.4. The summed E-state index contributed by atoms with van der Waals surface area (Å²) in [4.78, 5) is 58.7. The van der Waals surface area contributed by atoms with Gasteiger partial charge < -0.3 is 25.1 Å². The first-order chi connectivity index (χ1) is 38.0. The molecule has 0 aliphatic carbocycles. The predicted octanol–water partition coefficient (Wildman–Crippen LogP) is 13.8. The van der Waals surface area contributed by atoms with Gasteiger partial charge in [-0.25, -0.2) is 0 Å². The maximum atomic E-state index is 15.3. The van der Waals surface area contributed by atoms with Crippen LogP contribution < -0.4 is 16.0 Å². The Bertz CT molecular complexity index is 2680. The number of benzene rings is 6. The smallest absolute Gasteiger partial charge is 0.309 e. The number of carbonyl (C=O) groups is 4. The topological polar surface area (TPSA) is 123 Å². The van der Waals surface area contributed by atoms with E-state index in [4.69, 9.17) is 9.16 Å². The van der Waals surface area contributed by atoms with E-state index in [0.717, 1.165) is 33.4 Å². The molecule has 0 saturated carbocycles. The van der Waals surface area contributed by atoms with Crippen LogP contribution in [0, 0.1) is 5.92 Å². The fourth-order valence-corrected chi connectivity index (χ4v) is 20.3. The number of allylic oxidation sites excluding steroid dienone is 1. The van der Waals surface area contributed by atoms with Crippen molar-refractivity contribution >= 4 is 55.5 Å². The number of thioether (sulfide) groups is 2. The summed E-state index contributed by atoms with van der Waals surface area (Å²) < 4.78 is 12.6. The number of carbonyl (C=O) groups excluding carboxylic acids is 4. The minimum absolute atomic E-state index is 0.145. The van der Waals surface area contributed by atoms with Crippen LogP contribution in [0.15, 0.2) is 194 Å². The lowest BCUT2D eigenvalue weighted by atomic mass is 9.84. The molecule has 9 nitrogen and oxygen atoms in total. The van der Waals surface area contributed by atoms with Crippen molar-refractivity contribution in [2.45, 2.75) is 138 Å². The van der Waals surface area contributed by atoms with Gasteiger partial charge in [0.2, 0.25) is 26.0 Å². The molecule has 12 heteroatoms. The van der Waals surface area contributed by atoms with Crippen LogP contribution in [0.4, 0.5) is 0 Å². The quantitative estimate of drug-likeness (QED) is 0.0227. The third-order valence-corrected chi connectivity index (χ3v) is 24.8. The molecule has 3 amide bonds. The molecular formula is C67H81N3O6S2Si. The Labute approximate surface area is 480 Å². The molecular weight excluding hydrogens is 1030 g/mol. The van der Waals surface area contributed by atoms with Crippen LogP contribution in [0.3, 0.4) is 0 Å². The lowest BCUT2D eigenvalue weighted by Crippen LogP contribution is -2.60. The summed E-state index contributed by atoms with van der Waals surface area (Å²) >= 11 is 3.39. The first-order valence-electron chi connectivity index (χ1n) is 28.1. The highest BCUT2D eigenvalue weighted by Crippen LogP contribution is 2.50. The molecule has 7 rings (SSSR count). The molecule has 1 aliphatic rings. The second-order valence-electron chi connectivity index (χ2n) is 22.0. The summed E-state index contributed by atoms with van der Waals surface area (Å²) in [6, 6.07) is 59.5. The minimum Gasteiger partial charge on any atom is -0.457 e. The van der Waals surface area contributed by atoms with Gasteiger partial charge in [-0.05, 0) is 81.1 Å². The van der Waals surface area contributed by atoms with Gasteiger partial charge in [-0.3, -0.25) is 19.2 Å². The van der Waals surface area contributed by atoms with Crippen molar-refractivity contribution in [1.29, 1.82) is 0 Å². The third kappa shape index (κ3) is 14.4. The Morgan fingerprint density at radius 1 is 0.544 bits per heavy atom. The minimum atomic E-state index is -2.72. The standard InChI is InChI=1S/C67H81N3O6S2Si/c1-47(2)63-60(76-79(48(3)4,49(5)6)50(7)8)45-62(72)75-58(42-28-29-43-77-66(52-30-16-10-17-31-52,53-32-18-11-19-33-53)54-34-20-12-21-35-54)44-61(71)68-51(9)64(73)69-59(65(74)70-63)46-78-67(55-36-22-13-23-37-55,56-38-24-14-25-39-56)57-40-26-15-27-41-57/h10-28,30-42,47-51,58-60,63H,29,43-46H2,1-9H3,(H,68,71)(H,69,73)(H,70,74)/b42-28+/t51-,58-,59-,60+,63-/m1/s1. The number of cyclic esters (lactones) is 1. The number of ether oxygens (including phenoxy) is 1. The van der Waals surface area contributed by atoms with Crippen molar-refractivity contribution in [3.05, 3.63) is 228 Å². The van der Waals surface area contributed by atoms with E-state index in [1.807, 2.05) is 104 Å². The molecule has 0 radical (unpaired) electrons. The predicted molar refractivity (Wildman–Crippen MR) is 328 cm³/mol. The second-order valence-corrected chi connectivity index (χ2v) is 29.9. The molecule has 0 spiro atoms. The molecule has 1 heterocycles. The highest BCUT2D eigenvalue weighted by molar-refractivity contribution is 8.00. The van der Waals surface area contributed by atoms with Crippen LogP contribution in [0.2, 0.25) is 16.6 Å². The SMILES string of the molecule is CC(C)[C@H]1NC(=O)[C@@H](CSC(c2ccccc2)(c2ccccc2)c2ccccc2)NC(=O)[C@@H](C)NC(=O)C[C@@H](/C=C/CCSC(c2ccccc2)(c2ccccc2)c2ccccc2)OC(=O)C[C@@H]1O[Si](C(C)C)(C(C)C)C(C)C. The van der Waals surface area contributed by atoms with Gasteiger partial charge in [0.15, 0.2) is 0 Å². The van der Waals surface area contributed by atoms with E-state index in [9.17, 15) is 14.4 Å². The number of amides is 3. The summed E-state index contributed by atoms with van der Waals surface area (Å²) in [5.74, 6) is -1.32. The van der Waals surface area contributed by atoms with E-state index in [-0.39, 0.29) is 41.1 Å². The Hall–Kier alpha value is -6.18. The van der Waals surface area contributed by atoms with E-state index in [2.05, 4.69) is 167 Å². The van der Waals surface area contributed by atoms with Crippen LogP contribution in [0.5, 0.6) is 0 Å². The Morgan fingerprint density at radius 2 is 0.937 bits per heavy atom. The van der Waals surface area contributed by atoms with Crippen LogP contribution in [0.25, 0.3) is 0 Å². The van der Waals surface area contributed by atoms with Crippen molar-refractivity contribution in [3.8, 4) is 0 Å². The molecule has 6 aromatic carbocycles. The van der Waals surface area contributed by atoms with Crippen molar-refractivity contribution in [3.63, 3.8) is 0 Å². The molecule has 6 aromatic rings. The Morgan fingerprint density at radius 3 is 1.32 bits per heavy atom. The summed E-state index contributed by atoms with van der Waals surface area (Å²) in [5, 5.41) is 9.34. The highest BCUT2D eigenvalue weighted by atomic mass is 32.2. The van der Waals surface area contributed by atoms with Gasteiger partial charge in [0.25, 0.3) is 0 Å². The lowest BCUT2D eigenvalue weighted by Gasteiger charge is -2.46. The average Bonchev–Trinajstić information content (AvgIpc) is 3.61. The summed E-state index contributed by atoms with van der Waals surface area (Å²) in [6.45, 7) is 18.8. The van der Waals surface area contributed by atoms with E-state index >= 15 is 4.79 Å². The summed E-state index contributed by atoms with van der Waals surface area (Å²) in [5.41, 5.74) is 6.98. The van der Waals surface area contributed by atoms with Gasteiger partial charge >= 0.3 is 5.97 Å². The molecule has 416 valence electrons. The van der Waals surface area contributed by atoms with Crippen LogP contribution in [0.1, 0.15) is 115 Å². The first kappa shape index (κ1) is 60.5. The average molecular weight is 1120 g/mol. The molecule has 5 atom stereocenters. The highest BCUT2D eigenvalue weighted by Gasteiger charge is 2.49. The zero-order chi connectivity index (χ0) is 56.6. The van der Waals surface area contributed by atoms with Crippen molar-refractivity contribution in [2.24, 2.45) is 5.92 Å². The van der Waals surface area contributed by atoms with E-state index in [1.54, 1.807) is 24.8 Å². The maximum Gasteiger partial charge on any atom is 0.309 e. The van der Waals surface area contributed by atoms with Gasteiger partial charge in [-0.15, -0.1) is 23.5 Å². The zero-order valence-electron chi connectivity index (χ0n) is 47.5. The van der Waals surface area contributed by atoms with Gasteiger partial charge in [0.05, 0.1) is 34.5 Å². The van der Waals surface area contributed by atoms with Gasteiger partial charge in [-0.2, -0.15) is 0 Å². The molecule has 1 aliphatic heterocycles. The second kappa shape index (κ2) is 28.3. The molecule has 0 unspecified atom stereocenters. The molecule has 0 aromatic heterocycles. The molecule has 0 bridgehead atoms. The van der Waals surface area contributed by atoms with Gasteiger partial charge in [0, 0.05) is 5.75 Å². The van der Waals surface area contributed by atoms with Gasteiger partial charge in [-0.1, -0.05) is 243 Å². The monoisotopic (exact) mass is 1120 g/mol. The van der Waals surface area contributed by atoms with Gasteiger partial charge in [0.1, 0.15) is 18.2 Å².